The van der Waals surface area contributed by atoms with Crippen LogP contribution in [-0.2, 0) is 6.61 Å². The van der Waals surface area contributed by atoms with E-state index >= 15 is 0 Å². The van der Waals surface area contributed by atoms with E-state index in [9.17, 15) is 4.39 Å². The number of halogens is 1. The zero-order valence-corrected chi connectivity index (χ0v) is 11.3. The fraction of sp³-hybridized carbons (Fsp3) is 0.538. The van der Waals surface area contributed by atoms with Crippen LogP contribution in [0.1, 0.15) is 19.4 Å². The van der Waals surface area contributed by atoms with E-state index in [0.29, 0.717) is 5.56 Å². The second-order valence-electron chi connectivity index (χ2n) is 3.75. The van der Waals surface area contributed by atoms with Gasteiger partial charge in [0, 0.05) is 22.8 Å². The van der Waals surface area contributed by atoms with Crippen LogP contribution in [0.25, 0.3) is 0 Å². The summed E-state index contributed by atoms with van der Waals surface area (Å²) in [6.45, 7) is 7.09. The highest BCUT2D eigenvalue weighted by Crippen LogP contribution is 2.24. The summed E-state index contributed by atoms with van der Waals surface area (Å²) >= 11 is 1.60. The number of nitrogens with zero attached hydrogens (tertiary/aromatic N) is 1. The van der Waals surface area contributed by atoms with Crippen molar-refractivity contribution in [1.82, 2.24) is 4.90 Å². The molecule has 0 fully saturated rings. The molecule has 0 atom stereocenters. The SMILES string of the molecule is CCN(CC)CCSc1cccc(F)c1CO. The first kappa shape index (κ1) is 14.5. The second kappa shape index (κ2) is 7.69. The van der Waals surface area contributed by atoms with E-state index in [1.54, 1.807) is 17.8 Å². The quantitative estimate of drug-likeness (QED) is 0.760. The zero-order valence-electron chi connectivity index (χ0n) is 10.4. The molecule has 4 heteroatoms. The van der Waals surface area contributed by atoms with Crippen LogP contribution in [0.3, 0.4) is 0 Å². The summed E-state index contributed by atoms with van der Waals surface area (Å²) < 4.78 is 13.4. The number of aliphatic hydroxyl groups excluding tert-OH is 1. The molecule has 0 heterocycles. The Morgan fingerprint density at radius 2 is 2.00 bits per heavy atom. The lowest BCUT2D eigenvalue weighted by atomic mass is 10.2. The number of rotatable bonds is 7. The van der Waals surface area contributed by atoms with Crippen molar-refractivity contribution in [1.29, 1.82) is 0 Å². The monoisotopic (exact) mass is 257 g/mol. The third-order valence-corrected chi connectivity index (χ3v) is 3.87. The van der Waals surface area contributed by atoms with Gasteiger partial charge in [-0.1, -0.05) is 19.9 Å². The largest absolute Gasteiger partial charge is 0.392 e. The molecule has 2 nitrogen and oxygen atoms in total. The maximum atomic E-state index is 13.4. The van der Waals surface area contributed by atoms with Crippen molar-refractivity contribution >= 4 is 11.8 Å². The van der Waals surface area contributed by atoms with Crippen molar-refractivity contribution in [3.63, 3.8) is 0 Å². The van der Waals surface area contributed by atoms with Gasteiger partial charge in [-0.25, -0.2) is 4.39 Å². The summed E-state index contributed by atoms with van der Waals surface area (Å²) in [7, 11) is 0. The Balaban J connectivity index is 2.54. The molecule has 96 valence electrons. The molecule has 0 unspecified atom stereocenters. The highest BCUT2D eigenvalue weighted by Gasteiger charge is 2.08. The van der Waals surface area contributed by atoms with Gasteiger partial charge in [0.1, 0.15) is 5.82 Å². The van der Waals surface area contributed by atoms with Gasteiger partial charge >= 0.3 is 0 Å². The standard InChI is InChI=1S/C13H20FNOS/c1-3-15(4-2)8-9-17-13-7-5-6-12(14)11(13)10-16/h5-7,16H,3-4,8-10H2,1-2H3. The van der Waals surface area contributed by atoms with Gasteiger partial charge in [0.2, 0.25) is 0 Å². The Labute approximate surface area is 107 Å². The molecule has 0 saturated heterocycles. The molecule has 0 radical (unpaired) electrons. The molecule has 1 N–H and O–H groups in total. The summed E-state index contributed by atoms with van der Waals surface area (Å²) in [6.07, 6.45) is 0. The van der Waals surface area contributed by atoms with E-state index in [4.69, 9.17) is 5.11 Å². The van der Waals surface area contributed by atoms with Crippen LogP contribution < -0.4 is 0 Å². The van der Waals surface area contributed by atoms with Crippen molar-refractivity contribution in [2.24, 2.45) is 0 Å². The predicted molar refractivity (Wildman–Crippen MR) is 70.8 cm³/mol. The van der Waals surface area contributed by atoms with Gasteiger partial charge < -0.3 is 10.0 Å². The van der Waals surface area contributed by atoms with Crippen molar-refractivity contribution < 1.29 is 9.50 Å². The number of benzene rings is 1. The topological polar surface area (TPSA) is 23.5 Å². The zero-order chi connectivity index (χ0) is 12.7. The predicted octanol–water partition coefficient (Wildman–Crippen LogP) is 2.75. The van der Waals surface area contributed by atoms with E-state index in [-0.39, 0.29) is 12.4 Å². The molecule has 0 spiro atoms. The van der Waals surface area contributed by atoms with Gasteiger partial charge in [-0.15, -0.1) is 11.8 Å². The first-order chi connectivity index (χ1) is 8.22. The number of hydrogen-bond donors (Lipinski definition) is 1. The molecular formula is C13H20FNOS. The summed E-state index contributed by atoms with van der Waals surface area (Å²) in [6, 6.07) is 4.94. The molecule has 0 amide bonds. The van der Waals surface area contributed by atoms with Crippen LogP contribution in [0, 0.1) is 5.82 Å². The van der Waals surface area contributed by atoms with Crippen LogP contribution in [0.4, 0.5) is 4.39 Å². The van der Waals surface area contributed by atoms with Crippen LogP contribution in [0.15, 0.2) is 23.1 Å². The lowest BCUT2D eigenvalue weighted by Gasteiger charge is -2.17. The van der Waals surface area contributed by atoms with Crippen LogP contribution in [-0.4, -0.2) is 35.4 Å². The van der Waals surface area contributed by atoms with Gasteiger partial charge in [0.25, 0.3) is 0 Å². The van der Waals surface area contributed by atoms with E-state index in [0.717, 1.165) is 30.3 Å². The lowest BCUT2D eigenvalue weighted by molar-refractivity contribution is 0.272. The summed E-state index contributed by atoms with van der Waals surface area (Å²) in [4.78, 5) is 3.17. The van der Waals surface area contributed by atoms with Gasteiger partial charge in [0.05, 0.1) is 6.61 Å². The molecule has 0 aliphatic carbocycles. The Bertz CT molecular complexity index is 342. The minimum Gasteiger partial charge on any atom is -0.392 e. The van der Waals surface area contributed by atoms with Crippen LogP contribution in [0.2, 0.25) is 0 Å². The van der Waals surface area contributed by atoms with Crippen molar-refractivity contribution in [2.75, 3.05) is 25.4 Å². The Morgan fingerprint density at radius 1 is 1.29 bits per heavy atom. The highest BCUT2D eigenvalue weighted by atomic mass is 32.2. The first-order valence-corrected chi connectivity index (χ1v) is 6.94. The van der Waals surface area contributed by atoms with Crippen LogP contribution >= 0.6 is 11.8 Å². The molecule has 1 rings (SSSR count). The fourth-order valence-electron chi connectivity index (χ4n) is 1.65. The molecule has 0 bridgehead atoms. The number of hydrogen-bond acceptors (Lipinski definition) is 3. The number of aliphatic hydroxyl groups is 1. The van der Waals surface area contributed by atoms with E-state index in [1.165, 1.54) is 6.07 Å². The lowest BCUT2D eigenvalue weighted by Crippen LogP contribution is -2.25. The molecule has 0 saturated carbocycles. The maximum absolute atomic E-state index is 13.4. The molecule has 0 aliphatic heterocycles. The Morgan fingerprint density at radius 3 is 2.59 bits per heavy atom. The minimum atomic E-state index is -0.319. The van der Waals surface area contributed by atoms with Crippen molar-refractivity contribution in [3.8, 4) is 0 Å². The van der Waals surface area contributed by atoms with Crippen molar-refractivity contribution in [3.05, 3.63) is 29.6 Å². The maximum Gasteiger partial charge on any atom is 0.129 e. The Hall–Kier alpha value is -0.580. The summed E-state index contributed by atoms with van der Waals surface area (Å²) in [5.74, 6) is 0.596. The summed E-state index contributed by atoms with van der Waals surface area (Å²) in [5.41, 5.74) is 0.414. The van der Waals surface area contributed by atoms with E-state index in [2.05, 4.69) is 18.7 Å². The fourth-order valence-corrected chi connectivity index (χ4v) is 2.73. The summed E-state index contributed by atoms with van der Waals surface area (Å²) in [5, 5.41) is 9.14. The van der Waals surface area contributed by atoms with Gasteiger partial charge in [0.15, 0.2) is 0 Å². The van der Waals surface area contributed by atoms with E-state index in [1.807, 2.05) is 6.07 Å². The molecule has 1 aromatic carbocycles. The second-order valence-corrected chi connectivity index (χ2v) is 4.89. The van der Waals surface area contributed by atoms with Crippen LogP contribution in [0.5, 0.6) is 0 Å². The van der Waals surface area contributed by atoms with Gasteiger partial charge in [-0.2, -0.15) is 0 Å². The average Bonchev–Trinajstić information content (AvgIpc) is 2.35. The highest BCUT2D eigenvalue weighted by molar-refractivity contribution is 7.99. The van der Waals surface area contributed by atoms with E-state index < -0.39 is 0 Å². The smallest absolute Gasteiger partial charge is 0.129 e. The molecule has 0 aromatic heterocycles. The van der Waals surface area contributed by atoms with Gasteiger partial charge in [-0.05, 0) is 25.2 Å². The first-order valence-electron chi connectivity index (χ1n) is 5.96. The normalized spacial score (nSPS) is 11.1. The minimum absolute atomic E-state index is 0.236. The molecular weight excluding hydrogens is 237 g/mol. The number of thioether (sulfide) groups is 1. The molecule has 17 heavy (non-hydrogen) atoms. The van der Waals surface area contributed by atoms with Gasteiger partial charge in [-0.3, -0.25) is 0 Å². The van der Waals surface area contributed by atoms with Crippen molar-refractivity contribution in [2.45, 2.75) is 25.3 Å². The Kier molecular flexibility index (Phi) is 6.55. The third kappa shape index (κ3) is 4.30. The molecule has 0 aliphatic rings. The average molecular weight is 257 g/mol. The molecule has 1 aromatic rings. The third-order valence-electron chi connectivity index (χ3n) is 2.79.